The highest BCUT2D eigenvalue weighted by Crippen LogP contribution is 2.37. The maximum atomic E-state index is 12.1. The van der Waals surface area contributed by atoms with Gasteiger partial charge in [0.1, 0.15) is 0 Å². The van der Waals surface area contributed by atoms with Gasteiger partial charge in [0.2, 0.25) is 5.91 Å². The van der Waals surface area contributed by atoms with Crippen LogP contribution in [0, 0.1) is 10.8 Å². The van der Waals surface area contributed by atoms with Crippen LogP contribution in [-0.2, 0) is 9.59 Å². The number of rotatable bonds is 3. The van der Waals surface area contributed by atoms with E-state index >= 15 is 0 Å². The van der Waals surface area contributed by atoms with Crippen molar-refractivity contribution < 1.29 is 14.7 Å². The van der Waals surface area contributed by atoms with Gasteiger partial charge in [-0.2, -0.15) is 0 Å². The van der Waals surface area contributed by atoms with Crippen LogP contribution >= 0.6 is 0 Å². The minimum Gasteiger partial charge on any atom is -0.481 e. The van der Waals surface area contributed by atoms with E-state index in [0.29, 0.717) is 25.9 Å². The maximum Gasteiger partial charge on any atom is 0.311 e. The lowest BCUT2D eigenvalue weighted by Gasteiger charge is -2.28. The molecule has 0 bridgehead atoms. The van der Waals surface area contributed by atoms with Crippen LogP contribution in [0.1, 0.15) is 47.0 Å². The zero-order chi connectivity index (χ0) is 13.3. The van der Waals surface area contributed by atoms with Gasteiger partial charge in [-0.05, 0) is 12.8 Å². The van der Waals surface area contributed by atoms with E-state index in [1.165, 1.54) is 0 Å². The van der Waals surface area contributed by atoms with Crippen molar-refractivity contribution in [3.8, 4) is 0 Å². The first-order valence-corrected chi connectivity index (χ1v) is 6.26. The molecule has 0 saturated carbocycles. The Labute approximate surface area is 103 Å². The molecule has 1 unspecified atom stereocenters. The van der Waals surface area contributed by atoms with Gasteiger partial charge in [0.05, 0.1) is 5.41 Å². The molecule has 0 aromatic rings. The Balaban J connectivity index is 2.80. The second kappa shape index (κ2) is 4.67. The van der Waals surface area contributed by atoms with Crippen molar-refractivity contribution in [3.05, 3.63) is 0 Å². The topological polar surface area (TPSA) is 57.6 Å². The Hall–Kier alpha value is -1.06. The molecule has 1 N–H and O–H groups in total. The van der Waals surface area contributed by atoms with Crippen molar-refractivity contribution >= 4 is 11.9 Å². The third-order valence-corrected chi connectivity index (χ3v) is 3.46. The molecule has 4 nitrogen and oxygen atoms in total. The largest absolute Gasteiger partial charge is 0.481 e. The molecule has 0 radical (unpaired) electrons. The number of likely N-dealkylation sites (tertiary alicyclic amines) is 1. The summed E-state index contributed by atoms with van der Waals surface area (Å²) in [5, 5.41) is 9.36. The summed E-state index contributed by atoms with van der Waals surface area (Å²) in [5.74, 6) is -0.708. The van der Waals surface area contributed by atoms with Gasteiger partial charge in [0, 0.05) is 18.5 Å². The molecule has 0 spiro atoms. The molecular formula is C13H23NO3. The number of carboxylic acid groups (broad SMARTS) is 1. The highest BCUT2D eigenvalue weighted by molar-refractivity contribution is 5.84. The number of carbonyl (C=O) groups is 2. The molecule has 0 aromatic heterocycles. The second-order valence-electron chi connectivity index (χ2n) is 6.06. The lowest BCUT2D eigenvalue weighted by atomic mass is 9.82. The first kappa shape index (κ1) is 14.0. The van der Waals surface area contributed by atoms with Gasteiger partial charge in [0.25, 0.3) is 0 Å². The molecule has 0 aromatic carbocycles. The first-order chi connectivity index (χ1) is 7.73. The summed E-state index contributed by atoms with van der Waals surface area (Å²) in [5.41, 5.74) is -1.14. The Bertz CT molecular complexity index is 319. The SMILES string of the molecule is CCCC1(C(=O)O)CCN(C(=O)C(C)(C)C)C1. The fourth-order valence-electron chi connectivity index (χ4n) is 2.48. The van der Waals surface area contributed by atoms with Crippen molar-refractivity contribution in [1.82, 2.24) is 4.90 Å². The monoisotopic (exact) mass is 241 g/mol. The van der Waals surface area contributed by atoms with E-state index in [-0.39, 0.29) is 5.91 Å². The first-order valence-electron chi connectivity index (χ1n) is 6.26. The zero-order valence-corrected chi connectivity index (χ0v) is 11.2. The lowest BCUT2D eigenvalue weighted by molar-refractivity contribution is -0.149. The highest BCUT2D eigenvalue weighted by Gasteiger charge is 2.46. The molecule has 1 saturated heterocycles. The predicted molar refractivity (Wildman–Crippen MR) is 65.6 cm³/mol. The number of carboxylic acids is 1. The van der Waals surface area contributed by atoms with E-state index in [4.69, 9.17) is 0 Å². The second-order valence-corrected chi connectivity index (χ2v) is 6.06. The van der Waals surface area contributed by atoms with Gasteiger partial charge < -0.3 is 10.0 Å². The Morgan fingerprint density at radius 2 is 1.94 bits per heavy atom. The molecule has 1 heterocycles. The van der Waals surface area contributed by atoms with E-state index in [9.17, 15) is 14.7 Å². The summed E-state index contributed by atoms with van der Waals surface area (Å²) in [4.78, 5) is 25.2. The quantitative estimate of drug-likeness (QED) is 0.823. The van der Waals surface area contributed by atoms with Crippen LogP contribution in [0.15, 0.2) is 0 Å². The van der Waals surface area contributed by atoms with Gasteiger partial charge in [-0.25, -0.2) is 0 Å². The Kier molecular flexibility index (Phi) is 3.84. The van der Waals surface area contributed by atoms with Gasteiger partial charge in [-0.1, -0.05) is 34.1 Å². The van der Waals surface area contributed by atoms with Crippen molar-refractivity contribution in [3.63, 3.8) is 0 Å². The van der Waals surface area contributed by atoms with Crippen LogP contribution < -0.4 is 0 Å². The van der Waals surface area contributed by atoms with E-state index in [1.54, 1.807) is 4.90 Å². The number of nitrogens with zero attached hydrogens (tertiary/aromatic N) is 1. The third-order valence-electron chi connectivity index (χ3n) is 3.46. The van der Waals surface area contributed by atoms with E-state index in [2.05, 4.69) is 0 Å². The Morgan fingerprint density at radius 1 is 1.35 bits per heavy atom. The van der Waals surface area contributed by atoms with Crippen LogP contribution in [0.2, 0.25) is 0 Å². The molecule has 1 fully saturated rings. The van der Waals surface area contributed by atoms with Gasteiger partial charge in [0.15, 0.2) is 0 Å². The third kappa shape index (κ3) is 2.79. The molecule has 1 aliphatic heterocycles. The summed E-state index contributed by atoms with van der Waals surface area (Å²) < 4.78 is 0. The normalized spacial score (nSPS) is 25.1. The molecule has 4 heteroatoms. The molecule has 98 valence electrons. The number of aliphatic carboxylic acids is 1. The molecule has 1 rings (SSSR count). The van der Waals surface area contributed by atoms with Crippen LogP contribution in [0.3, 0.4) is 0 Å². The van der Waals surface area contributed by atoms with E-state index in [0.717, 1.165) is 6.42 Å². The van der Waals surface area contributed by atoms with Gasteiger partial charge in [-0.3, -0.25) is 9.59 Å². The standard InChI is InChI=1S/C13H23NO3/c1-5-6-13(11(16)17)7-8-14(9-13)10(15)12(2,3)4/h5-9H2,1-4H3,(H,16,17). The van der Waals surface area contributed by atoms with Crippen LogP contribution in [-0.4, -0.2) is 35.0 Å². The average Bonchev–Trinajstić information content (AvgIpc) is 2.61. The van der Waals surface area contributed by atoms with E-state index < -0.39 is 16.8 Å². The van der Waals surface area contributed by atoms with Crippen molar-refractivity contribution in [1.29, 1.82) is 0 Å². The molecule has 1 amide bonds. The number of hydrogen-bond acceptors (Lipinski definition) is 2. The van der Waals surface area contributed by atoms with Gasteiger partial charge in [-0.15, -0.1) is 0 Å². The molecule has 17 heavy (non-hydrogen) atoms. The summed E-state index contributed by atoms with van der Waals surface area (Å²) in [6.07, 6.45) is 2.07. The lowest BCUT2D eigenvalue weighted by Crippen LogP contribution is -2.41. The molecule has 1 aliphatic rings. The summed E-state index contributed by atoms with van der Waals surface area (Å²) in [7, 11) is 0. The highest BCUT2D eigenvalue weighted by atomic mass is 16.4. The smallest absolute Gasteiger partial charge is 0.311 e. The minimum absolute atomic E-state index is 0.0525. The van der Waals surface area contributed by atoms with Gasteiger partial charge >= 0.3 is 5.97 Å². The van der Waals surface area contributed by atoms with Crippen molar-refractivity contribution in [2.24, 2.45) is 10.8 Å². The Morgan fingerprint density at radius 3 is 2.35 bits per heavy atom. The summed E-state index contributed by atoms with van der Waals surface area (Å²) in [6, 6.07) is 0. The number of amides is 1. The minimum atomic E-state index is -0.761. The van der Waals surface area contributed by atoms with Crippen LogP contribution in [0.25, 0.3) is 0 Å². The van der Waals surface area contributed by atoms with Crippen LogP contribution in [0.4, 0.5) is 0 Å². The molecular weight excluding hydrogens is 218 g/mol. The fraction of sp³-hybridized carbons (Fsp3) is 0.846. The van der Waals surface area contributed by atoms with Crippen LogP contribution in [0.5, 0.6) is 0 Å². The fourth-order valence-corrected chi connectivity index (χ4v) is 2.48. The summed E-state index contributed by atoms with van der Waals surface area (Å²) in [6.45, 7) is 8.54. The number of hydrogen-bond donors (Lipinski definition) is 1. The predicted octanol–water partition coefficient (Wildman–Crippen LogP) is 2.14. The maximum absolute atomic E-state index is 12.1. The number of carbonyl (C=O) groups excluding carboxylic acids is 1. The van der Waals surface area contributed by atoms with E-state index in [1.807, 2.05) is 27.7 Å². The zero-order valence-electron chi connectivity index (χ0n) is 11.2. The summed E-state index contributed by atoms with van der Waals surface area (Å²) >= 11 is 0. The van der Waals surface area contributed by atoms with Crippen molar-refractivity contribution in [2.75, 3.05) is 13.1 Å². The van der Waals surface area contributed by atoms with Crippen molar-refractivity contribution in [2.45, 2.75) is 47.0 Å². The molecule has 0 aliphatic carbocycles. The average molecular weight is 241 g/mol. The molecule has 1 atom stereocenters.